The summed E-state index contributed by atoms with van der Waals surface area (Å²) in [6, 6.07) is 8.19. The number of hydrogen-bond donors (Lipinski definition) is 0. The number of furan rings is 1. The average molecular weight is 176 g/mol. The summed E-state index contributed by atoms with van der Waals surface area (Å²) in [5.41, 5.74) is 2.15. The minimum Gasteiger partial charge on any atom is -0.459 e. The molecule has 1 aromatic carbocycles. The van der Waals surface area contributed by atoms with E-state index >= 15 is 0 Å². The van der Waals surface area contributed by atoms with Gasteiger partial charge in [-0.15, -0.1) is 0 Å². The Morgan fingerprint density at radius 2 is 2.15 bits per heavy atom. The van der Waals surface area contributed by atoms with E-state index in [2.05, 4.69) is 19.1 Å². The van der Waals surface area contributed by atoms with E-state index in [1.54, 1.807) is 7.11 Å². The lowest BCUT2D eigenvalue weighted by Crippen LogP contribution is -1.81. The zero-order chi connectivity index (χ0) is 9.26. The zero-order valence-corrected chi connectivity index (χ0v) is 7.83. The van der Waals surface area contributed by atoms with E-state index in [4.69, 9.17) is 9.15 Å². The van der Waals surface area contributed by atoms with Gasteiger partial charge in [-0.25, -0.2) is 0 Å². The minimum atomic E-state index is 0.535. The Balaban J connectivity index is 2.49. The molecule has 0 N–H and O–H groups in total. The van der Waals surface area contributed by atoms with Crippen LogP contribution in [0.15, 0.2) is 28.7 Å². The molecular weight excluding hydrogens is 164 g/mol. The first-order chi connectivity index (χ1) is 6.29. The lowest BCUT2D eigenvalue weighted by atomic mass is 10.2. The quantitative estimate of drug-likeness (QED) is 0.702. The molecule has 0 aliphatic heterocycles. The van der Waals surface area contributed by atoms with Crippen LogP contribution >= 0.6 is 0 Å². The fraction of sp³-hybridized carbons (Fsp3) is 0.273. The van der Waals surface area contributed by atoms with Gasteiger partial charge < -0.3 is 9.15 Å². The number of rotatable bonds is 2. The van der Waals surface area contributed by atoms with Crippen molar-refractivity contribution in [3.63, 3.8) is 0 Å². The molecule has 0 aliphatic rings. The van der Waals surface area contributed by atoms with Gasteiger partial charge in [-0.3, -0.25) is 0 Å². The second kappa shape index (κ2) is 3.23. The summed E-state index contributed by atoms with van der Waals surface area (Å²) >= 11 is 0. The molecule has 0 atom stereocenters. The largest absolute Gasteiger partial charge is 0.459 e. The highest BCUT2D eigenvalue weighted by Crippen LogP contribution is 2.20. The standard InChI is InChI=1S/C11H12O2/c1-8-3-4-9-6-10(7-12-2)13-11(9)5-8/h3-6H,7H2,1-2H3. The third kappa shape index (κ3) is 1.58. The predicted octanol–water partition coefficient (Wildman–Crippen LogP) is 2.89. The van der Waals surface area contributed by atoms with Crippen LogP contribution in [0.5, 0.6) is 0 Å². The van der Waals surface area contributed by atoms with Crippen LogP contribution in [-0.4, -0.2) is 7.11 Å². The molecular formula is C11H12O2. The van der Waals surface area contributed by atoms with Gasteiger partial charge in [-0.2, -0.15) is 0 Å². The van der Waals surface area contributed by atoms with Crippen molar-refractivity contribution in [3.8, 4) is 0 Å². The molecule has 1 heterocycles. The topological polar surface area (TPSA) is 22.4 Å². The van der Waals surface area contributed by atoms with Crippen molar-refractivity contribution in [2.75, 3.05) is 7.11 Å². The van der Waals surface area contributed by atoms with E-state index in [1.165, 1.54) is 5.56 Å². The van der Waals surface area contributed by atoms with Crippen molar-refractivity contribution in [1.29, 1.82) is 0 Å². The van der Waals surface area contributed by atoms with Gasteiger partial charge in [0.05, 0.1) is 0 Å². The summed E-state index contributed by atoms with van der Waals surface area (Å²) in [5, 5.41) is 1.14. The molecule has 68 valence electrons. The molecule has 0 saturated heterocycles. The highest BCUT2D eigenvalue weighted by molar-refractivity contribution is 5.78. The number of fused-ring (bicyclic) bond motifs is 1. The zero-order valence-electron chi connectivity index (χ0n) is 7.83. The van der Waals surface area contributed by atoms with Crippen LogP contribution in [0.1, 0.15) is 11.3 Å². The van der Waals surface area contributed by atoms with E-state index in [9.17, 15) is 0 Å². The summed E-state index contributed by atoms with van der Waals surface area (Å²) < 4.78 is 10.6. The number of benzene rings is 1. The molecule has 0 amide bonds. The molecule has 0 saturated carbocycles. The van der Waals surface area contributed by atoms with Gasteiger partial charge in [0.15, 0.2) is 0 Å². The molecule has 2 aromatic rings. The van der Waals surface area contributed by atoms with Crippen LogP contribution in [0.3, 0.4) is 0 Å². The first kappa shape index (κ1) is 8.32. The summed E-state index contributed by atoms with van der Waals surface area (Å²) in [7, 11) is 1.67. The molecule has 0 fully saturated rings. The van der Waals surface area contributed by atoms with Crippen LogP contribution in [0.4, 0.5) is 0 Å². The Bertz CT molecular complexity index is 415. The van der Waals surface area contributed by atoms with Crippen molar-refractivity contribution >= 4 is 11.0 Å². The lowest BCUT2D eigenvalue weighted by molar-refractivity contribution is 0.166. The normalized spacial score (nSPS) is 10.9. The summed E-state index contributed by atoms with van der Waals surface area (Å²) in [6.07, 6.45) is 0. The van der Waals surface area contributed by atoms with Gasteiger partial charge in [0.25, 0.3) is 0 Å². The number of hydrogen-bond acceptors (Lipinski definition) is 2. The van der Waals surface area contributed by atoms with Crippen molar-refractivity contribution in [1.82, 2.24) is 0 Å². The highest BCUT2D eigenvalue weighted by atomic mass is 16.5. The van der Waals surface area contributed by atoms with Gasteiger partial charge >= 0.3 is 0 Å². The maximum absolute atomic E-state index is 5.56. The molecule has 0 spiro atoms. The third-order valence-corrected chi connectivity index (χ3v) is 2.01. The monoisotopic (exact) mass is 176 g/mol. The summed E-state index contributed by atoms with van der Waals surface area (Å²) in [4.78, 5) is 0. The highest BCUT2D eigenvalue weighted by Gasteiger charge is 2.02. The van der Waals surface area contributed by atoms with Crippen LogP contribution in [0.2, 0.25) is 0 Å². The SMILES string of the molecule is COCc1cc2ccc(C)cc2o1. The van der Waals surface area contributed by atoms with Gasteiger partial charge in [0, 0.05) is 12.5 Å². The van der Waals surface area contributed by atoms with Crippen molar-refractivity contribution < 1.29 is 9.15 Å². The van der Waals surface area contributed by atoms with Gasteiger partial charge in [0.2, 0.25) is 0 Å². The first-order valence-corrected chi connectivity index (χ1v) is 4.27. The minimum absolute atomic E-state index is 0.535. The molecule has 2 nitrogen and oxygen atoms in total. The molecule has 0 bridgehead atoms. The smallest absolute Gasteiger partial charge is 0.134 e. The Morgan fingerprint density at radius 1 is 1.31 bits per heavy atom. The van der Waals surface area contributed by atoms with Gasteiger partial charge in [-0.05, 0) is 24.6 Å². The number of ether oxygens (including phenoxy) is 1. The van der Waals surface area contributed by atoms with Crippen LogP contribution in [0, 0.1) is 6.92 Å². The number of methoxy groups -OCH3 is 1. The molecule has 0 radical (unpaired) electrons. The Kier molecular flexibility index (Phi) is 2.07. The van der Waals surface area contributed by atoms with Gasteiger partial charge in [-0.1, -0.05) is 12.1 Å². The van der Waals surface area contributed by atoms with Crippen LogP contribution < -0.4 is 0 Å². The Morgan fingerprint density at radius 3 is 2.92 bits per heavy atom. The number of aryl methyl sites for hydroxylation is 1. The van der Waals surface area contributed by atoms with E-state index in [0.717, 1.165) is 16.7 Å². The first-order valence-electron chi connectivity index (χ1n) is 4.27. The third-order valence-electron chi connectivity index (χ3n) is 2.01. The molecule has 13 heavy (non-hydrogen) atoms. The van der Waals surface area contributed by atoms with E-state index in [1.807, 2.05) is 12.1 Å². The molecule has 0 unspecified atom stereocenters. The predicted molar refractivity (Wildman–Crippen MR) is 51.7 cm³/mol. The maximum atomic E-state index is 5.56. The second-order valence-electron chi connectivity index (χ2n) is 3.19. The van der Waals surface area contributed by atoms with Crippen LogP contribution in [0.25, 0.3) is 11.0 Å². The fourth-order valence-electron chi connectivity index (χ4n) is 1.41. The lowest BCUT2D eigenvalue weighted by Gasteiger charge is -1.91. The van der Waals surface area contributed by atoms with Crippen LogP contribution in [-0.2, 0) is 11.3 Å². The molecule has 1 aromatic heterocycles. The van der Waals surface area contributed by atoms with Gasteiger partial charge in [0.1, 0.15) is 18.0 Å². The Labute approximate surface area is 77.1 Å². The second-order valence-corrected chi connectivity index (χ2v) is 3.19. The average Bonchev–Trinajstić information content (AvgIpc) is 2.46. The fourth-order valence-corrected chi connectivity index (χ4v) is 1.41. The van der Waals surface area contributed by atoms with E-state index in [0.29, 0.717) is 6.61 Å². The summed E-state index contributed by atoms with van der Waals surface area (Å²) in [5.74, 6) is 0.878. The van der Waals surface area contributed by atoms with E-state index in [-0.39, 0.29) is 0 Å². The molecule has 2 rings (SSSR count). The maximum Gasteiger partial charge on any atom is 0.134 e. The van der Waals surface area contributed by atoms with Crippen molar-refractivity contribution in [3.05, 3.63) is 35.6 Å². The summed E-state index contributed by atoms with van der Waals surface area (Å²) in [6.45, 7) is 2.59. The van der Waals surface area contributed by atoms with Crippen molar-refractivity contribution in [2.24, 2.45) is 0 Å². The van der Waals surface area contributed by atoms with E-state index < -0.39 is 0 Å². The Hall–Kier alpha value is -1.28. The molecule has 2 heteroatoms. The van der Waals surface area contributed by atoms with Crippen molar-refractivity contribution in [2.45, 2.75) is 13.5 Å². The molecule has 0 aliphatic carbocycles.